The molecule has 1 fully saturated rings. The van der Waals surface area contributed by atoms with E-state index in [1.807, 2.05) is 37.3 Å². The van der Waals surface area contributed by atoms with Crippen LogP contribution in [-0.2, 0) is 20.9 Å². The fourth-order valence-corrected chi connectivity index (χ4v) is 3.50. The van der Waals surface area contributed by atoms with E-state index in [2.05, 4.69) is 0 Å². The van der Waals surface area contributed by atoms with Gasteiger partial charge in [0.1, 0.15) is 0 Å². The molecular weight excluding hydrogens is 356 g/mol. The molecule has 0 aliphatic carbocycles. The van der Waals surface area contributed by atoms with Crippen LogP contribution in [0.25, 0.3) is 0 Å². The van der Waals surface area contributed by atoms with E-state index in [-0.39, 0.29) is 24.8 Å². The van der Waals surface area contributed by atoms with E-state index in [1.165, 1.54) is 12.0 Å². The van der Waals surface area contributed by atoms with Crippen molar-refractivity contribution in [3.63, 3.8) is 0 Å². The first-order valence-corrected chi connectivity index (χ1v) is 9.35. The zero-order chi connectivity index (χ0) is 20.1. The monoisotopic (exact) mass is 380 g/mol. The van der Waals surface area contributed by atoms with Gasteiger partial charge < -0.3 is 14.5 Å². The van der Waals surface area contributed by atoms with Crippen molar-refractivity contribution in [2.75, 3.05) is 25.1 Å². The van der Waals surface area contributed by atoms with Crippen molar-refractivity contribution < 1.29 is 19.1 Å². The third kappa shape index (κ3) is 4.06. The molecule has 0 radical (unpaired) electrons. The van der Waals surface area contributed by atoms with Gasteiger partial charge in [-0.2, -0.15) is 0 Å². The standard InChI is InChI=1S/C22H24N2O4/c1-3-23(14-16-9-5-4-6-10-16)21(26)17-13-20(25)24(15-17)19-12-8-7-11-18(19)22(27)28-2/h4-12,17H,3,13-15H2,1-2H3. The Morgan fingerprint density at radius 3 is 2.46 bits per heavy atom. The van der Waals surface area contributed by atoms with Crippen molar-refractivity contribution in [1.82, 2.24) is 4.90 Å². The number of ether oxygens (including phenoxy) is 1. The molecule has 1 aliphatic heterocycles. The predicted molar refractivity (Wildman–Crippen MR) is 106 cm³/mol. The van der Waals surface area contributed by atoms with Crippen LogP contribution in [-0.4, -0.2) is 42.9 Å². The Hall–Kier alpha value is -3.15. The average Bonchev–Trinajstić information content (AvgIpc) is 3.13. The first-order chi connectivity index (χ1) is 13.5. The van der Waals surface area contributed by atoms with Gasteiger partial charge >= 0.3 is 5.97 Å². The molecule has 2 aromatic rings. The molecule has 0 spiro atoms. The number of anilines is 1. The molecule has 1 unspecified atom stereocenters. The highest BCUT2D eigenvalue weighted by atomic mass is 16.5. The largest absolute Gasteiger partial charge is 0.465 e. The van der Waals surface area contributed by atoms with Gasteiger partial charge in [-0.25, -0.2) is 4.79 Å². The van der Waals surface area contributed by atoms with Gasteiger partial charge in [0.15, 0.2) is 0 Å². The fraction of sp³-hybridized carbons (Fsp3) is 0.318. The molecule has 2 amide bonds. The minimum Gasteiger partial charge on any atom is -0.465 e. The number of hydrogen-bond acceptors (Lipinski definition) is 4. The molecule has 1 heterocycles. The van der Waals surface area contributed by atoms with Gasteiger partial charge in [0.25, 0.3) is 0 Å². The van der Waals surface area contributed by atoms with Crippen molar-refractivity contribution in [2.24, 2.45) is 5.92 Å². The normalized spacial score (nSPS) is 16.1. The second-order valence-electron chi connectivity index (χ2n) is 6.75. The SMILES string of the molecule is CCN(Cc1ccccc1)C(=O)C1CC(=O)N(c2ccccc2C(=O)OC)C1. The summed E-state index contributed by atoms with van der Waals surface area (Å²) in [7, 11) is 1.31. The summed E-state index contributed by atoms with van der Waals surface area (Å²) in [6.07, 6.45) is 0.139. The maximum absolute atomic E-state index is 13.0. The van der Waals surface area contributed by atoms with E-state index in [1.54, 1.807) is 29.2 Å². The number of rotatable bonds is 6. The minimum absolute atomic E-state index is 0.0437. The first-order valence-electron chi connectivity index (χ1n) is 9.35. The minimum atomic E-state index is -0.502. The van der Waals surface area contributed by atoms with Crippen LogP contribution in [0.4, 0.5) is 5.69 Å². The number of benzene rings is 2. The van der Waals surface area contributed by atoms with Crippen LogP contribution < -0.4 is 4.90 Å². The Morgan fingerprint density at radius 2 is 1.79 bits per heavy atom. The lowest BCUT2D eigenvalue weighted by Crippen LogP contribution is -2.37. The average molecular weight is 380 g/mol. The van der Waals surface area contributed by atoms with E-state index in [0.29, 0.717) is 24.3 Å². The first kappa shape index (κ1) is 19.6. The lowest BCUT2D eigenvalue weighted by Gasteiger charge is -2.24. The molecule has 6 heteroatoms. The maximum atomic E-state index is 13.0. The molecule has 0 aromatic heterocycles. The maximum Gasteiger partial charge on any atom is 0.339 e. The summed E-state index contributed by atoms with van der Waals surface area (Å²) in [6.45, 7) is 3.27. The summed E-state index contributed by atoms with van der Waals surface area (Å²) >= 11 is 0. The molecule has 0 bridgehead atoms. The van der Waals surface area contributed by atoms with Gasteiger partial charge in [-0.3, -0.25) is 9.59 Å². The summed E-state index contributed by atoms with van der Waals surface area (Å²) in [4.78, 5) is 41.0. The van der Waals surface area contributed by atoms with Gasteiger partial charge in [0.05, 0.1) is 24.3 Å². The molecule has 2 aromatic carbocycles. The summed E-state index contributed by atoms with van der Waals surface area (Å²) < 4.78 is 4.82. The number of carbonyl (C=O) groups excluding carboxylic acids is 3. The molecule has 1 aliphatic rings. The Bertz CT molecular complexity index is 866. The number of esters is 1. The van der Waals surface area contributed by atoms with E-state index in [9.17, 15) is 14.4 Å². The van der Waals surface area contributed by atoms with Crippen molar-refractivity contribution >= 4 is 23.5 Å². The van der Waals surface area contributed by atoms with Crippen LogP contribution in [0.15, 0.2) is 54.6 Å². The Balaban J connectivity index is 1.77. The summed E-state index contributed by atoms with van der Waals surface area (Å²) in [5.74, 6) is -1.14. The van der Waals surface area contributed by atoms with E-state index < -0.39 is 11.9 Å². The van der Waals surface area contributed by atoms with Crippen LogP contribution in [0.2, 0.25) is 0 Å². The predicted octanol–water partition coefficient (Wildman–Crippen LogP) is 2.87. The van der Waals surface area contributed by atoms with Crippen molar-refractivity contribution in [3.8, 4) is 0 Å². The number of para-hydroxylation sites is 1. The third-order valence-corrected chi connectivity index (χ3v) is 4.98. The van der Waals surface area contributed by atoms with E-state index in [4.69, 9.17) is 4.74 Å². The fourth-order valence-electron chi connectivity index (χ4n) is 3.50. The van der Waals surface area contributed by atoms with Crippen LogP contribution in [0.3, 0.4) is 0 Å². The second-order valence-corrected chi connectivity index (χ2v) is 6.75. The third-order valence-electron chi connectivity index (χ3n) is 4.98. The highest BCUT2D eigenvalue weighted by Gasteiger charge is 2.38. The molecule has 146 valence electrons. The van der Waals surface area contributed by atoms with Gasteiger partial charge in [0.2, 0.25) is 11.8 Å². The van der Waals surface area contributed by atoms with Crippen molar-refractivity contribution in [3.05, 3.63) is 65.7 Å². The number of carbonyl (C=O) groups is 3. The topological polar surface area (TPSA) is 66.9 Å². The lowest BCUT2D eigenvalue weighted by atomic mass is 10.1. The number of methoxy groups -OCH3 is 1. The van der Waals surface area contributed by atoms with Gasteiger partial charge in [-0.1, -0.05) is 42.5 Å². The zero-order valence-electron chi connectivity index (χ0n) is 16.1. The van der Waals surface area contributed by atoms with Crippen molar-refractivity contribution in [2.45, 2.75) is 19.9 Å². The second kappa shape index (κ2) is 8.69. The molecule has 3 rings (SSSR count). The molecule has 0 saturated carbocycles. The Labute approximate surface area is 164 Å². The number of nitrogens with zero attached hydrogens (tertiary/aromatic N) is 2. The molecule has 0 N–H and O–H groups in total. The number of hydrogen-bond donors (Lipinski definition) is 0. The molecule has 1 saturated heterocycles. The molecular formula is C22H24N2O4. The van der Waals surface area contributed by atoms with Gasteiger partial charge in [0, 0.05) is 26.1 Å². The van der Waals surface area contributed by atoms with Crippen LogP contribution in [0.5, 0.6) is 0 Å². The summed E-state index contributed by atoms with van der Waals surface area (Å²) in [5, 5.41) is 0. The summed E-state index contributed by atoms with van der Waals surface area (Å²) in [5.41, 5.74) is 1.86. The van der Waals surface area contributed by atoms with Crippen molar-refractivity contribution in [1.29, 1.82) is 0 Å². The zero-order valence-corrected chi connectivity index (χ0v) is 16.1. The van der Waals surface area contributed by atoms with Crippen LogP contribution >= 0.6 is 0 Å². The van der Waals surface area contributed by atoms with Gasteiger partial charge in [-0.05, 0) is 24.6 Å². The Kier molecular flexibility index (Phi) is 6.09. The Morgan fingerprint density at radius 1 is 1.11 bits per heavy atom. The smallest absolute Gasteiger partial charge is 0.339 e. The molecule has 6 nitrogen and oxygen atoms in total. The number of amides is 2. The highest BCUT2D eigenvalue weighted by Crippen LogP contribution is 2.29. The van der Waals surface area contributed by atoms with Crippen LogP contribution in [0.1, 0.15) is 29.3 Å². The van der Waals surface area contributed by atoms with E-state index in [0.717, 1.165) is 5.56 Å². The lowest BCUT2D eigenvalue weighted by molar-refractivity contribution is -0.136. The molecule has 1 atom stereocenters. The van der Waals surface area contributed by atoms with Crippen LogP contribution in [0, 0.1) is 5.92 Å². The molecule has 28 heavy (non-hydrogen) atoms. The van der Waals surface area contributed by atoms with E-state index >= 15 is 0 Å². The summed E-state index contributed by atoms with van der Waals surface area (Å²) in [6, 6.07) is 16.6. The highest BCUT2D eigenvalue weighted by molar-refractivity contribution is 6.05. The van der Waals surface area contributed by atoms with Gasteiger partial charge in [-0.15, -0.1) is 0 Å². The quantitative estimate of drug-likeness (QED) is 0.723.